The molecule has 0 amide bonds. The molecule has 0 radical (unpaired) electrons. The molecule has 2 aromatic carbocycles. The number of hydrogen-bond acceptors (Lipinski definition) is 0. The average Bonchev–Trinajstić information content (AvgIpc) is 3.20. The van der Waals surface area contributed by atoms with Crippen LogP contribution in [0.2, 0.25) is 0 Å². The molecule has 2 atom stereocenters. The minimum absolute atomic E-state index is 0.750. The first-order chi connectivity index (χ1) is 8.90. The lowest BCUT2D eigenvalue weighted by Gasteiger charge is -2.12. The van der Waals surface area contributed by atoms with E-state index in [1.54, 1.807) is 11.1 Å². The zero-order valence-corrected chi connectivity index (χ0v) is 10.6. The molecule has 4 rings (SSSR count). The fourth-order valence-electron chi connectivity index (χ4n) is 3.47. The molecular formula is C18H16. The van der Waals surface area contributed by atoms with Crippen molar-refractivity contribution >= 4 is 5.57 Å². The quantitative estimate of drug-likeness (QED) is 0.616. The Balaban J connectivity index is 2.05. The highest BCUT2D eigenvalue weighted by molar-refractivity contribution is 5.85. The topological polar surface area (TPSA) is 0 Å². The minimum Gasteiger partial charge on any atom is -0.0792 e. The summed E-state index contributed by atoms with van der Waals surface area (Å²) in [4.78, 5) is 0. The van der Waals surface area contributed by atoms with Gasteiger partial charge in [-0.15, -0.1) is 0 Å². The van der Waals surface area contributed by atoms with Crippen LogP contribution in [0, 0.1) is 0 Å². The van der Waals surface area contributed by atoms with Gasteiger partial charge < -0.3 is 0 Å². The van der Waals surface area contributed by atoms with Gasteiger partial charge in [-0.25, -0.2) is 0 Å². The number of benzene rings is 2. The SMILES string of the molecule is CC=C1c2ccccc2C2C[C@H]2c2ccccc21. The van der Waals surface area contributed by atoms with E-state index in [9.17, 15) is 0 Å². The second-order valence-electron chi connectivity index (χ2n) is 5.33. The predicted octanol–water partition coefficient (Wildman–Crippen LogP) is 4.72. The summed E-state index contributed by atoms with van der Waals surface area (Å²) in [5.74, 6) is 1.50. The lowest BCUT2D eigenvalue weighted by Crippen LogP contribution is -1.93. The molecule has 2 aliphatic rings. The maximum Gasteiger partial charge on any atom is -0.00805 e. The molecule has 2 aliphatic carbocycles. The summed E-state index contributed by atoms with van der Waals surface area (Å²) in [6.45, 7) is 2.15. The molecule has 0 bridgehead atoms. The summed E-state index contributed by atoms with van der Waals surface area (Å²) in [6, 6.07) is 17.9. The lowest BCUT2D eigenvalue weighted by molar-refractivity contribution is 1.03. The van der Waals surface area contributed by atoms with Crippen molar-refractivity contribution in [3.63, 3.8) is 0 Å². The molecular weight excluding hydrogens is 216 g/mol. The van der Waals surface area contributed by atoms with Gasteiger partial charge in [-0.2, -0.15) is 0 Å². The molecule has 18 heavy (non-hydrogen) atoms. The molecule has 1 fully saturated rings. The van der Waals surface area contributed by atoms with Crippen molar-refractivity contribution in [1.29, 1.82) is 0 Å². The normalized spacial score (nSPS) is 25.9. The Kier molecular flexibility index (Phi) is 2.02. The summed E-state index contributed by atoms with van der Waals surface area (Å²) >= 11 is 0. The third kappa shape index (κ3) is 1.26. The maximum absolute atomic E-state index is 2.31. The van der Waals surface area contributed by atoms with Gasteiger partial charge in [-0.3, -0.25) is 0 Å². The van der Waals surface area contributed by atoms with Crippen LogP contribution in [0.25, 0.3) is 5.57 Å². The van der Waals surface area contributed by atoms with E-state index in [-0.39, 0.29) is 0 Å². The smallest absolute Gasteiger partial charge is 0.00805 e. The second kappa shape index (κ2) is 3.58. The van der Waals surface area contributed by atoms with Gasteiger partial charge in [0.25, 0.3) is 0 Å². The third-order valence-electron chi connectivity index (χ3n) is 4.38. The standard InChI is InChI=1S/C18H16/c1-2-12-13-7-3-5-9-15(13)17-11-18(17)16-10-6-4-8-14(12)16/h2-10,17-18H,11H2,1H3/t17-,18?/m0/s1. The van der Waals surface area contributed by atoms with E-state index in [2.05, 4.69) is 61.5 Å². The Labute approximate surface area is 108 Å². The molecule has 1 saturated carbocycles. The van der Waals surface area contributed by atoms with Crippen molar-refractivity contribution in [2.75, 3.05) is 0 Å². The number of hydrogen-bond donors (Lipinski definition) is 0. The van der Waals surface area contributed by atoms with Gasteiger partial charge in [0.05, 0.1) is 0 Å². The first-order valence-electron chi connectivity index (χ1n) is 6.75. The Bertz CT molecular complexity index is 595. The van der Waals surface area contributed by atoms with Crippen molar-refractivity contribution in [1.82, 2.24) is 0 Å². The van der Waals surface area contributed by atoms with Crippen molar-refractivity contribution < 1.29 is 0 Å². The minimum atomic E-state index is 0.750. The molecule has 1 unspecified atom stereocenters. The predicted molar refractivity (Wildman–Crippen MR) is 75.7 cm³/mol. The Morgan fingerprint density at radius 3 is 1.83 bits per heavy atom. The highest BCUT2D eigenvalue weighted by atomic mass is 14.5. The summed E-state index contributed by atoms with van der Waals surface area (Å²) in [5, 5.41) is 0. The van der Waals surface area contributed by atoms with Gasteiger partial charge in [-0.05, 0) is 53.0 Å². The first-order valence-corrected chi connectivity index (χ1v) is 6.75. The summed E-state index contributed by atoms with van der Waals surface area (Å²) in [7, 11) is 0. The first kappa shape index (κ1) is 10.1. The highest BCUT2D eigenvalue weighted by Crippen LogP contribution is 2.59. The van der Waals surface area contributed by atoms with Gasteiger partial charge >= 0.3 is 0 Å². The van der Waals surface area contributed by atoms with E-state index in [0.717, 1.165) is 11.8 Å². The van der Waals surface area contributed by atoms with Crippen LogP contribution in [0.15, 0.2) is 54.6 Å². The number of allylic oxidation sites excluding steroid dienone is 1. The maximum atomic E-state index is 2.31. The molecule has 0 spiro atoms. The van der Waals surface area contributed by atoms with Crippen LogP contribution in [-0.4, -0.2) is 0 Å². The van der Waals surface area contributed by atoms with Crippen LogP contribution in [-0.2, 0) is 0 Å². The van der Waals surface area contributed by atoms with E-state index in [1.807, 2.05) is 0 Å². The van der Waals surface area contributed by atoms with Crippen molar-refractivity contribution in [3.8, 4) is 0 Å². The van der Waals surface area contributed by atoms with E-state index in [1.165, 1.54) is 23.1 Å². The largest absolute Gasteiger partial charge is 0.0792 e. The number of rotatable bonds is 0. The van der Waals surface area contributed by atoms with Crippen LogP contribution in [0.5, 0.6) is 0 Å². The van der Waals surface area contributed by atoms with E-state index >= 15 is 0 Å². The van der Waals surface area contributed by atoms with Crippen molar-refractivity contribution in [2.24, 2.45) is 0 Å². The van der Waals surface area contributed by atoms with Crippen molar-refractivity contribution in [3.05, 3.63) is 76.9 Å². The molecule has 88 valence electrons. The van der Waals surface area contributed by atoms with E-state index < -0.39 is 0 Å². The Morgan fingerprint density at radius 2 is 1.33 bits per heavy atom. The summed E-state index contributed by atoms with van der Waals surface area (Å²) in [6.07, 6.45) is 3.59. The Morgan fingerprint density at radius 1 is 0.833 bits per heavy atom. The van der Waals surface area contributed by atoms with Crippen LogP contribution in [0.1, 0.15) is 47.4 Å². The fraction of sp³-hybridized carbons (Fsp3) is 0.222. The molecule has 0 heterocycles. The molecule has 0 N–H and O–H groups in total. The van der Waals surface area contributed by atoms with Crippen LogP contribution >= 0.6 is 0 Å². The zero-order valence-electron chi connectivity index (χ0n) is 10.6. The molecule has 0 nitrogen and oxygen atoms in total. The summed E-state index contributed by atoms with van der Waals surface area (Å²) < 4.78 is 0. The zero-order chi connectivity index (χ0) is 12.1. The van der Waals surface area contributed by atoms with Crippen molar-refractivity contribution in [2.45, 2.75) is 25.2 Å². The van der Waals surface area contributed by atoms with Gasteiger partial charge in [-0.1, -0.05) is 54.6 Å². The lowest BCUT2D eigenvalue weighted by atomic mass is 9.92. The molecule has 0 aromatic heterocycles. The fourth-order valence-corrected chi connectivity index (χ4v) is 3.47. The molecule has 2 aromatic rings. The van der Waals surface area contributed by atoms with Crippen LogP contribution < -0.4 is 0 Å². The monoisotopic (exact) mass is 232 g/mol. The van der Waals surface area contributed by atoms with Gasteiger partial charge in [0, 0.05) is 0 Å². The highest BCUT2D eigenvalue weighted by Gasteiger charge is 2.44. The van der Waals surface area contributed by atoms with Crippen LogP contribution in [0.3, 0.4) is 0 Å². The second-order valence-corrected chi connectivity index (χ2v) is 5.33. The number of fused-ring (bicyclic) bond motifs is 5. The molecule has 0 saturated heterocycles. The Hall–Kier alpha value is -1.82. The van der Waals surface area contributed by atoms with Gasteiger partial charge in [0.2, 0.25) is 0 Å². The molecule has 0 heteroatoms. The van der Waals surface area contributed by atoms with E-state index in [0.29, 0.717) is 0 Å². The molecule has 0 aliphatic heterocycles. The van der Waals surface area contributed by atoms with Gasteiger partial charge in [0.15, 0.2) is 0 Å². The van der Waals surface area contributed by atoms with E-state index in [4.69, 9.17) is 0 Å². The average molecular weight is 232 g/mol. The van der Waals surface area contributed by atoms with Crippen LogP contribution in [0.4, 0.5) is 0 Å². The third-order valence-corrected chi connectivity index (χ3v) is 4.38. The summed E-state index contributed by atoms with van der Waals surface area (Å²) in [5.41, 5.74) is 7.39. The van der Waals surface area contributed by atoms with Gasteiger partial charge in [0.1, 0.15) is 0 Å².